The SMILES string of the molecule is CSC(=Nc1cc(C)ccc1OCC(F)(F)F)NC#N. The number of aliphatic imine (C=N–C) groups is 1. The lowest BCUT2D eigenvalue weighted by molar-refractivity contribution is -0.153. The molecule has 0 amide bonds. The van der Waals surface area contributed by atoms with Gasteiger partial charge in [-0.3, -0.25) is 5.32 Å². The van der Waals surface area contributed by atoms with Gasteiger partial charge in [0.05, 0.1) is 0 Å². The molecule has 0 bridgehead atoms. The van der Waals surface area contributed by atoms with Crippen LogP contribution in [0.3, 0.4) is 0 Å². The number of rotatable bonds is 3. The van der Waals surface area contributed by atoms with Crippen molar-refractivity contribution < 1.29 is 17.9 Å². The van der Waals surface area contributed by atoms with Crippen LogP contribution in [-0.4, -0.2) is 24.2 Å². The van der Waals surface area contributed by atoms with E-state index >= 15 is 0 Å². The van der Waals surface area contributed by atoms with E-state index in [1.165, 1.54) is 17.8 Å². The fourth-order valence-corrected chi connectivity index (χ4v) is 1.62. The molecule has 0 unspecified atom stereocenters. The zero-order valence-corrected chi connectivity index (χ0v) is 11.6. The van der Waals surface area contributed by atoms with Gasteiger partial charge in [-0.2, -0.15) is 18.4 Å². The first-order valence-corrected chi connectivity index (χ1v) is 6.66. The number of hydrogen-bond donors (Lipinski definition) is 1. The molecule has 4 nitrogen and oxygen atoms in total. The van der Waals surface area contributed by atoms with Crippen LogP contribution in [0.4, 0.5) is 18.9 Å². The van der Waals surface area contributed by atoms with Gasteiger partial charge in [0, 0.05) is 0 Å². The monoisotopic (exact) mass is 303 g/mol. The summed E-state index contributed by atoms with van der Waals surface area (Å²) in [4.78, 5) is 4.08. The number of halogens is 3. The predicted octanol–water partition coefficient (Wildman–Crippen LogP) is 3.36. The predicted molar refractivity (Wildman–Crippen MR) is 72.1 cm³/mol. The van der Waals surface area contributed by atoms with Crippen molar-refractivity contribution in [1.82, 2.24) is 5.32 Å². The summed E-state index contributed by atoms with van der Waals surface area (Å²) in [7, 11) is 0. The van der Waals surface area contributed by atoms with Crippen molar-refractivity contribution in [3.8, 4) is 11.9 Å². The highest BCUT2D eigenvalue weighted by molar-refractivity contribution is 8.13. The van der Waals surface area contributed by atoms with Crippen molar-refractivity contribution in [1.29, 1.82) is 5.26 Å². The summed E-state index contributed by atoms with van der Waals surface area (Å²) in [6.45, 7) is 0.391. The highest BCUT2D eigenvalue weighted by Crippen LogP contribution is 2.30. The minimum atomic E-state index is -4.42. The zero-order chi connectivity index (χ0) is 15.2. The Labute approximate surface area is 118 Å². The van der Waals surface area contributed by atoms with Gasteiger partial charge in [-0.05, 0) is 30.9 Å². The first-order chi connectivity index (χ1) is 9.35. The third-order valence-corrected chi connectivity index (χ3v) is 2.66. The number of nitrogens with one attached hydrogen (secondary N) is 1. The van der Waals surface area contributed by atoms with Crippen LogP contribution in [-0.2, 0) is 0 Å². The van der Waals surface area contributed by atoms with E-state index < -0.39 is 12.8 Å². The van der Waals surface area contributed by atoms with Crippen LogP contribution in [0.25, 0.3) is 0 Å². The average Bonchev–Trinajstić information content (AvgIpc) is 2.36. The Balaban J connectivity index is 3.04. The quantitative estimate of drug-likeness (QED) is 0.402. The fraction of sp³-hybridized carbons (Fsp3) is 0.333. The van der Waals surface area contributed by atoms with Crippen molar-refractivity contribution >= 4 is 22.6 Å². The molecule has 0 aliphatic carbocycles. The molecule has 1 aromatic rings. The molecule has 1 N–H and O–H groups in total. The number of amidine groups is 1. The van der Waals surface area contributed by atoms with Gasteiger partial charge in [0.25, 0.3) is 0 Å². The Morgan fingerprint density at radius 1 is 1.50 bits per heavy atom. The van der Waals surface area contributed by atoms with E-state index in [2.05, 4.69) is 10.3 Å². The van der Waals surface area contributed by atoms with E-state index in [0.717, 1.165) is 5.56 Å². The van der Waals surface area contributed by atoms with Crippen molar-refractivity contribution in [2.75, 3.05) is 12.9 Å². The largest absolute Gasteiger partial charge is 0.482 e. The van der Waals surface area contributed by atoms with Crippen LogP contribution in [0, 0.1) is 18.4 Å². The minimum absolute atomic E-state index is 0.0132. The Kier molecular flexibility index (Phi) is 5.70. The molecule has 0 saturated carbocycles. The van der Waals surface area contributed by atoms with E-state index in [4.69, 9.17) is 10.00 Å². The molecule has 0 atom stereocenters. The standard InChI is InChI=1S/C12H12F3N3OS/c1-8-3-4-10(19-6-12(13,14)15)9(5-8)18-11(20-2)17-7-16/h3-5H,6H2,1-2H3,(H,17,18). The third kappa shape index (κ3) is 5.40. The third-order valence-electron chi connectivity index (χ3n) is 2.08. The first-order valence-electron chi connectivity index (χ1n) is 5.43. The van der Waals surface area contributed by atoms with Crippen molar-refractivity contribution in [2.24, 2.45) is 4.99 Å². The van der Waals surface area contributed by atoms with Gasteiger partial charge in [0.1, 0.15) is 11.4 Å². The normalized spacial score (nSPS) is 11.9. The molecule has 0 aliphatic heterocycles. The molecular weight excluding hydrogens is 291 g/mol. The van der Waals surface area contributed by atoms with Gasteiger partial charge < -0.3 is 4.74 Å². The summed E-state index contributed by atoms with van der Waals surface area (Å²) >= 11 is 1.17. The second-order valence-corrected chi connectivity index (χ2v) is 4.53. The summed E-state index contributed by atoms with van der Waals surface area (Å²) in [6, 6.07) is 4.63. The Morgan fingerprint density at radius 3 is 2.75 bits per heavy atom. The molecule has 0 aromatic heterocycles. The number of aryl methyl sites for hydroxylation is 1. The van der Waals surface area contributed by atoms with Crippen LogP contribution in [0.1, 0.15) is 5.56 Å². The number of nitrogens with zero attached hydrogens (tertiary/aromatic N) is 2. The number of benzene rings is 1. The number of hydrogen-bond acceptors (Lipinski definition) is 4. The lowest BCUT2D eigenvalue weighted by Crippen LogP contribution is -2.19. The molecule has 0 aliphatic rings. The second-order valence-electron chi connectivity index (χ2n) is 3.73. The Bertz CT molecular complexity index is 538. The maximum Gasteiger partial charge on any atom is 0.422 e. The van der Waals surface area contributed by atoms with Gasteiger partial charge in [0.2, 0.25) is 0 Å². The van der Waals surface area contributed by atoms with Gasteiger partial charge in [-0.25, -0.2) is 4.99 Å². The van der Waals surface area contributed by atoms with Crippen LogP contribution < -0.4 is 10.1 Å². The van der Waals surface area contributed by atoms with Gasteiger partial charge in [0.15, 0.2) is 18.0 Å². The highest BCUT2D eigenvalue weighted by atomic mass is 32.2. The molecule has 1 aromatic carbocycles. The average molecular weight is 303 g/mol. The molecule has 0 fully saturated rings. The number of thioether (sulfide) groups is 1. The summed E-state index contributed by atoms with van der Waals surface area (Å²) in [5.41, 5.74) is 1.06. The summed E-state index contributed by atoms with van der Waals surface area (Å²) in [5.74, 6) is 0.0132. The van der Waals surface area contributed by atoms with Gasteiger partial charge in [-0.1, -0.05) is 17.8 Å². The summed E-state index contributed by atoms with van der Waals surface area (Å²) in [5, 5.41) is 11.2. The van der Waals surface area contributed by atoms with Crippen LogP contribution >= 0.6 is 11.8 Å². The molecule has 108 valence electrons. The van der Waals surface area contributed by atoms with E-state index in [-0.39, 0.29) is 16.6 Å². The van der Waals surface area contributed by atoms with Crippen LogP contribution in [0.5, 0.6) is 5.75 Å². The smallest absolute Gasteiger partial charge is 0.422 e. The topological polar surface area (TPSA) is 57.4 Å². The van der Waals surface area contributed by atoms with Gasteiger partial charge in [-0.15, -0.1) is 0 Å². The maximum atomic E-state index is 12.2. The van der Waals surface area contributed by atoms with E-state index in [0.29, 0.717) is 0 Å². The number of alkyl halides is 3. The maximum absolute atomic E-state index is 12.2. The summed E-state index contributed by atoms with van der Waals surface area (Å²) < 4.78 is 41.3. The first kappa shape index (κ1) is 16.2. The summed E-state index contributed by atoms with van der Waals surface area (Å²) in [6.07, 6.45) is -1.02. The Hall–Kier alpha value is -1.88. The zero-order valence-electron chi connectivity index (χ0n) is 10.8. The molecule has 1 rings (SSSR count). The number of nitriles is 1. The molecule has 0 spiro atoms. The van der Waals surface area contributed by atoms with E-state index in [9.17, 15) is 13.2 Å². The van der Waals surface area contributed by atoms with Crippen molar-refractivity contribution in [3.63, 3.8) is 0 Å². The molecule has 20 heavy (non-hydrogen) atoms. The molecule has 0 heterocycles. The number of ether oxygens (including phenoxy) is 1. The van der Waals surface area contributed by atoms with Crippen LogP contribution in [0.2, 0.25) is 0 Å². The van der Waals surface area contributed by atoms with Crippen molar-refractivity contribution in [3.05, 3.63) is 23.8 Å². The Morgan fingerprint density at radius 2 is 2.20 bits per heavy atom. The highest BCUT2D eigenvalue weighted by Gasteiger charge is 2.28. The molecular formula is C12H12F3N3OS. The van der Waals surface area contributed by atoms with E-state index in [1.54, 1.807) is 31.5 Å². The van der Waals surface area contributed by atoms with E-state index in [1.807, 2.05) is 0 Å². The van der Waals surface area contributed by atoms with Crippen LogP contribution in [0.15, 0.2) is 23.2 Å². The second kappa shape index (κ2) is 7.05. The minimum Gasteiger partial charge on any atom is -0.482 e. The van der Waals surface area contributed by atoms with Gasteiger partial charge >= 0.3 is 6.18 Å². The lowest BCUT2D eigenvalue weighted by Gasteiger charge is -2.12. The fourth-order valence-electron chi connectivity index (χ4n) is 1.28. The van der Waals surface area contributed by atoms with Crippen molar-refractivity contribution in [2.45, 2.75) is 13.1 Å². The lowest BCUT2D eigenvalue weighted by atomic mass is 10.2. The molecule has 0 saturated heterocycles. The molecule has 0 radical (unpaired) electrons. The molecule has 8 heteroatoms.